The zero-order valence-corrected chi connectivity index (χ0v) is 13.8. The minimum atomic E-state index is 0.325. The number of nitrogens with zero attached hydrogens (tertiary/aromatic N) is 3. The van der Waals surface area contributed by atoms with Crippen LogP contribution in [0.2, 0.25) is 0 Å². The Morgan fingerprint density at radius 2 is 2.09 bits per heavy atom. The first-order valence-electron chi connectivity index (χ1n) is 8.10. The van der Waals surface area contributed by atoms with Crippen molar-refractivity contribution >= 4 is 16.6 Å². The highest BCUT2D eigenvalue weighted by Gasteiger charge is 2.18. The van der Waals surface area contributed by atoms with E-state index in [0.717, 1.165) is 48.2 Å². The van der Waals surface area contributed by atoms with E-state index < -0.39 is 0 Å². The lowest BCUT2D eigenvalue weighted by Gasteiger charge is -2.30. The number of likely N-dealkylation sites (tertiary alicyclic amines) is 1. The van der Waals surface area contributed by atoms with Crippen molar-refractivity contribution in [2.75, 3.05) is 25.5 Å². The SMILES string of the molecule is CC#Cc1cc2c(NC3CCN(C)CC3)cccc2n1CC#N. The topological polar surface area (TPSA) is 44.0 Å². The molecule has 1 N–H and O–H groups in total. The smallest absolute Gasteiger partial charge is 0.111 e. The van der Waals surface area contributed by atoms with E-state index in [4.69, 9.17) is 5.26 Å². The summed E-state index contributed by atoms with van der Waals surface area (Å²) in [5, 5.41) is 14.0. The van der Waals surface area contributed by atoms with Gasteiger partial charge in [-0.3, -0.25) is 0 Å². The summed E-state index contributed by atoms with van der Waals surface area (Å²) in [6.07, 6.45) is 2.32. The van der Waals surface area contributed by atoms with E-state index in [2.05, 4.69) is 59.4 Å². The number of aromatic nitrogens is 1. The standard InChI is InChI=1S/C19H22N4/c1-3-5-16-14-17-18(21-15-8-11-22(2)12-9-15)6-4-7-19(17)23(16)13-10-20/h4,6-7,14-15,21H,8-9,11-13H2,1-2H3. The van der Waals surface area contributed by atoms with Crippen LogP contribution in [0.4, 0.5) is 5.69 Å². The van der Waals surface area contributed by atoms with Crippen LogP contribution in [-0.4, -0.2) is 35.6 Å². The lowest BCUT2D eigenvalue weighted by molar-refractivity contribution is 0.264. The van der Waals surface area contributed by atoms with Crippen LogP contribution in [0.5, 0.6) is 0 Å². The first-order chi connectivity index (χ1) is 11.2. The zero-order chi connectivity index (χ0) is 16.2. The second kappa shape index (κ2) is 6.77. The Bertz CT molecular complexity index is 792. The highest BCUT2D eigenvalue weighted by atomic mass is 15.1. The Morgan fingerprint density at radius 1 is 1.30 bits per heavy atom. The lowest BCUT2D eigenvalue weighted by Crippen LogP contribution is -2.36. The van der Waals surface area contributed by atoms with Gasteiger partial charge in [-0.1, -0.05) is 12.0 Å². The molecular formula is C19H22N4. The first-order valence-corrected chi connectivity index (χ1v) is 8.10. The Labute approximate surface area is 137 Å². The highest BCUT2D eigenvalue weighted by molar-refractivity contribution is 5.94. The van der Waals surface area contributed by atoms with Crippen molar-refractivity contribution in [3.05, 3.63) is 30.0 Å². The molecule has 0 saturated carbocycles. The van der Waals surface area contributed by atoms with Crippen molar-refractivity contribution in [1.29, 1.82) is 5.26 Å². The molecule has 1 aromatic carbocycles. The molecule has 0 atom stereocenters. The average Bonchev–Trinajstić information content (AvgIpc) is 2.90. The monoisotopic (exact) mass is 306 g/mol. The van der Waals surface area contributed by atoms with E-state index in [1.54, 1.807) is 0 Å². The van der Waals surface area contributed by atoms with Gasteiger partial charge in [-0.15, -0.1) is 0 Å². The van der Waals surface area contributed by atoms with Crippen LogP contribution in [0.3, 0.4) is 0 Å². The molecule has 4 heteroatoms. The molecule has 2 heterocycles. The van der Waals surface area contributed by atoms with Crippen molar-refractivity contribution in [2.45, 2.75) is 32.4 Å². The maximum Gasteiger partial charge on any atom is 0.111 e. The van der Waals surface area contributed by atoms with Gasteiger partial charge in [-0.25, -0.2) is 0 Å². The van der Waals surface area contributed by atoms with Crippen LogP contribution in [0, 0.1) is 23.2 Å². The van der Waals surface area contributed by atoms with Gasteiger partial charge in [-0.2, -0.15) is 5.26 Å². The Morgan fingerprint density at radius 3 is 2.78 bits per heavy atom. The van der Waals surface area contributed by atoms with Crippen molar-refractivity contribution in [3.63, 3.8) is 0 Å². The molecule has 1 aliphatic heterocycles. The lowest BCUT2D eigenvalue weighted by atomic mass is 10.0. The number of benzene rings is 1. The molecule has 0 bridgehead atoms. The minimum Gasteiger partial charge on any atom is -0.382 e. The van der Waals surface area contributed by atoms with Crippen molar-refractivity contribution < 1.29 is 0 Å². The van der Waals surface area contributed by atoms with E-state index in [-0.39, 0.29) is 0 Å². The second-order valence-corrected chi connectivity index (χ2v) is 6.11. The number of fused-ring (bicyclic) bond motifs is 1. The van der Waals surface area contributed by atoms with E-state index in [0.29, 0.717) is 12.6 Å². The molecule has 23 heavy (non-hydrogen) atoms. The maximum atomic E-state index is 9.11. The summed E-state index contributed by atoms with van der Waals surface area (Å²) in [6.45, 7) is 4.42. The van der Waals surface area contributed by atoms with Crippen molar-refractivity contribution in [3.8, 4) is 17.9 Å². The minimum absolute atomic E-state index is 0.325. The molecule has 0 aliphatic carbocycles. The van der Waals surface area contributed by atoms with Crippen LogP contribution >= 0.6 is 0 Å². The number of nitriles is 1. The van der Waals surface area contributed by atoms with Gasteiger partial charge < -0.3 is 14.8 Å². The van der Waals surface area contributed by atoms with Gasteiger partial charge in [0.05, 0.1) is 17.3 Å². The van der Waals surface area contributed by atoms with Crippen molar-refractivity contribution in [1.82, 2.24) is 9.47 Å². The predicted molar refractivity (Wildman–Crippen MR) is 94.2 cm³/mol. The molecule has 0 amide bonds. The van der Waals surface area contributed by atoms with Gasteiger partial charge in [0.15, 0.2) is 0 Å². The number of hydrogen-bond donors (Lipinski definition) is 1. The summed E-state index contributed by atoms with van der Waals surface area (Å²) in [5.41, 5.74) is 3.12. The fraction of sp³-hybridized carbons (Fsp3) is 0.421. The van der Waals surface area contributed by atoms with Gasteiger partial charge in [0.1, 0.15) is 6.54 Å². The van der Waals surface area contributed by atoms with E-state index in [1.165, 1.54) is 0 Å². The summed E-state index contributed by atoms with van der Waals surface area (Å²) >= 11 is 0. The van der Waals surface area contributed by atoms with Gasteiger partial charge in [0.25, 0.3) is 0 Å². The van der Waals surface area contributed by atoms with Gasteiger partial charge >= 0.3 is 0 Å². The third kappa shape index (κ3) is 3.18. The first kappa shape index (κ1) is 15.5. The number of nitrogens with one attached hydrogen (secondary N) is 1. The fourth-order valence-electron chi connectivity index (χ4n) is 3.26. The third-order valence-electron chi connectivity index (χ3n) is 4.51. The van der Waals surface area contributed by atoms with E-state index in [9.17, 15) is 0 Å². The van der Waals surface area contributed by atoms with E-state index >= 15 is 0 Å². The molecule has 4 nitrogen and oxygen atoms in total. The third-order valence-corrected chi connectivity index (χ3v) is 4.51. The Kier molecular flexibility index (Phi) is 4.55. The van der Waals surface area contributed by atoms with Gasteiger partial charge in [0.2, 0.25) is 0 Å². The molecule has 1 saturated heterocycles. The maximum absolute atomic E-state index is 9.11. The number of hydrogen-bond acceptors (Lipinski definition) is 3. The summed E-state index contributed by atoms with van der Waals surface area (Å²) in [4.78, 5) is 2.37. The molecule has 2 aromatic rings. The van der Waals surface area contributed by atoms with Gasteiger partial charge in [0, 0.05) is 17.1 Å². The van der Waals surface area contributed by atoms with Crippen LogP contribution < -0.4 is 5.32 Å². The normalized spacial score (nSPS) is 15.9. The molecule has 1 aliphatic rings. The zero-order valence-electron chi connectivity index (χ0n) is 13.8. The molecule has 0 radical (unpaired) electrons. The van der Waals surface area contributed by atoms with Crippen LogP contribution in [0.15, 0.2) is 24.3 Å². The molecule has 1 aromatic heterocycles. The molecule has 1 fully saturated rings. The molecule has 3 rings (SSSR count). The quantitative estimate of drug-likeness (QED) is 0.887. The van der Waals surface area contributed by atoms with Crippen LogP contribution in [0.1, 0.15) is 25.5 Å². The highest BCUT2D eigenvalue weighted by Crippen LogP contribution is 2.28. The fourth-order valence-corrected chi connectivity index (χ4v) is 3.26. The summed E-state index contributed by atoms with van der Waals surface area (Å²) < 4.78 is 1.99. The summed E-state index contributed by atoms with van der Waals surface area (Å²) in [5.74, 6) is 6.06. The number of piperidine rings is 1. The van der Waals surface area contributed by atoms with E-state index in [1.807, 2.05) is 11.5 Å². The van der Waals surface area contributed by atoms with Gasteiger partial charge in [-0.05, 0) is 64.0 Å². The molecular weight excluding hydrogens is 284 g/mol. The summed E-state index contributed by atoms with van der Waals surface area (Å²) in [6, 6.07) is 11.1. The molecule has 118 valence electrons. The molecule has 0 spiro atoms. The van der Waals surface area contributed by atoms with Crippen LogP contribution in [0.25, 0.3) is 10.9 Å². The second-order valence-electron chi connectivity index (χ2n) is 6.11. The number of rotatable bonds is 3. The van der Waals surface area contributed by atoms with Crippen LogP contribution in [-0.2, 0) is 6.54 Å². The van der Waals surface area contributed by atoms with Crippen molar-refractivity contribution in [2.24, 2.45) is 0 Å². The Hall–Kier alpha value is -2.43. The molecule has 0 unspecified atom stereocenters. The average molecular weight is 306 g/mol. The largest absolute Gasteiger partial charge is 0.382 e. The Balaban J connectivity index is 1.96. The predicted octanol–water partition coefficient (Wildman–Crippen LogP) is 3.04. The number of anilines is 1. The summed E-state index contributed by atoms with van der Waals surface area (Å²) in [7, 11) is 2.18.